The fourth-order valence-electron chi connectivity index (χ4n) is 2.65. The molecule has 0 amide bonds. The van der Waals surface area contributed by atoms with Gasteiger partial charge in [-0.3, -0.25) is 10.00 Å². The van der Waals surface area contributed by atoms with E-state index in [9.17, 15) is 4.79 Å². The average molecular weight is 252 g/mol. The highest BCUT2D eigenvalue weighted by Gasteiger charge is 2.32. The number of aromatic nitrogens is 3. The second-order valence-electron chi connectivity index (χ2n) is 4.88. The zero-order valence-electron chi connectivity index (χ0n) is 10.0. The van der Waals surface area contributed by atoms with E-state index in [0.29, 0.717) is 11.7 Å². The van der Waals surface area contributed by atoms with Gasteiger partial charge in [0.05, 0.1) is 19.3 Å². The Labute approximate surface area is 104 Å². The Kier molecular flexibility index (Phi) is 3.00. The molecule has 3 rings (SSSR count). The highest BCUT2D eigenvalue weighted by atomic mass is 16.5. The van der Waals surface area contributed by atoms with Crippen LogP contribution in [0.5, 0.6) is 0 Å². The summed E-state index contributed by atoms with van der Waals surface area (Å²) in [5.74, 6) is -0.781. The minimum Gasteiger partial charge on any atom is -0.476 e. The van der Waals surface area contributed by atoms with Crippen LogP contribution in [0.25, 0.3) is 0 Å². The number of aromatic amines is 1. The van der Waals surface area contributed by atoms with Crippen LogP contribution in [0.15, 0.2) is 0 Å². The molecular formula is C11H16N4O3. The molecule has 7 nitrogen and oxygen atoms in total. The van der Waals surface area contributed by atoms with Crippen LogP contribution in [0.3, 0.4) is 0 Å². The number of ether oxygens (including phenoxy) is 1. The van der Waals surface area contributed by atoms with Crippen LogP contribution in [0, 0.1) is 0 Å². The second kappa shape index (κ2) is 4.66. The van der Waals surface area contributed by atoms with Gasteiger partial charge in [-0.2, -0.15) is 0 Å². The molecular weight excluding hydrogens is 236 g/mol. The SMILES string of the molecule is O=C(O)c1[nH]nnc1C1CCN(C2COC2)CC1. The number of nitrogens with one attached hydrogen (secondary N) is 1. The summed E-state index contributed by atoms with van der Waals surface area (Å²) in [6.07, 6.45) is 1.87. The van der Waals surface area contributed by atoms with Gasteiger partial charge < -0.3 is 9.84 Å². The van der Waals surface area contributed by atoms with Gasteiger partial charge in [-0.25, -0.2) is 4.79 Å². The molecule has 0 aromatic carbocycles. The van der Waals surface area contributed by atoms with Crippen molar-refractivity contribution in [3.8, 4) is 0 Å². The van der Waals surface area contributed by atoms with E-state index < -0.39 is 5.97 Å². The Balaban J connectivity index is 1.64. The summed E-state index contributed by atoms with van der Waals surface area (Å²) in [4.78, 5) is 13.4. The van der Waals surface area contributed by atoms with Crippen molar-refractivity contribution in [1.82, 2.24) is 20.3 Å². The number of piperidine rings is 1. The lowest BCUT2D eigenvalue weighted by Gasteiger charge is -2.41. The molecule has 1 aromatic heterocycles. The number of hydrogen-bond acceptors (Lipinski definition) is 5. The van der Waals surface area contributed by atoms with Crippen LogP contribution in [0.4, 0.5) is 0 Å². The first-order chi connectivity index (χ1) is 8.75. The standard InChI is InChI=1S/C11H16N4O3/c16-11(17)10-9(12-14-13-10)7-1-3-15(4-2-7)8-5-18-6-8/h7-8H,1-6H2,(H,16,17)(H,12,13,14). The Morgan fingerprint density at radius 2 is 2.11 bits per heavy atom. The van der Waals surface area contributed by atoms with Crippen molar-refractivity contribution in [1.29, 1.82) is 0 Å². The number of likely N-dealkylation sites (tertiary alicyclic amines) is 1. The van der Waals surface area contributed by atoms with Gasteiger partial charge in [0.25, 0.3) is 0 Å². The van der Waals surface area contributed by atoms with Gasteiger partial charge in [0, 0.05) is 5.92 Å². The zero-order chi connectivity index (χ0) is 12.5. The maximum absolute atomic E-state index is 11.0. The van der Waals surface area contributed by atoms with Gasteiger partial charge in [-0.15, -0.1) is 5.10 Å². The highest BCUT2D eigenvalue weighted by Crippen LogP contribution is 2.29. The predicted molar refractivity (Wildman–Crippen MR) is 61.5 cm³/mol. The third kappa shape index (κ3) is 1.99. The first-order valence-electron chi connectivity index (χ1n) is 6.21. The van der Waals surface area contributed by atoms with Crippen molar-refractivity contribution in [2.24, 2.45) is 0 Å². The summed E-state index contributed by atoms with van der Waals surface area (Å²) in [5.41, 5.74) is 0.743. The molecule has 2 fully saturated rings. The van der Waals surface area contributed by atoms with E-state index in [1.807, 2.05) is 0 Å². The van der Waals surface area contributed by atoms with Crippen molar-refractivity contribution < 1.29 is 14.6 Å². The van der Waals surface area contributed by atoms with Crippen LogP contribution in [-0.2, 0) is 4.74 Å². The number of nitrogens with zero attached hydrogens (tertiary/aromatic N) is 3. The lowest BCUT2D eigenvalue weighted by atomic mass is 9.91. The molecule has 3 heterocycles. The first kappa shape index (κ1) is 11.6. The molecule has 2 N–H and O–H groups in total. The topological polar surface area (TPSA) is 91.3 Å². The fraction of sp³-hybridized carbons (Fsp3) is 0.727. The van der Waals surface area contributed by atoms with Gasteiger partial charge in [-0.05, 0) is 25.9 Å². The van der Waals surface area contributed by atoms with Crippen LogP contribution in [0.2, 0.25) is 0 Å². The van der Waals surface area contributed by atoms with Crippen molar-refractivity contribution in [2.45, 2.75) is 24.8 Å². The molecule has 1 aromatic rings. The lowest BCUT2D eigenvalue weighted by Crippen LogP contribution is -2.51. The van der Waals surface area contributed by atoms with E-state index in [0.717, 1.165) is 39.1 Å². The third-order valence-corrected chi connectivity index (χ3v) is 3.84. The molecule has 0 saturated carbocycles. The van der Waals surface area contributed by atoms with Crippen LogP contribution in [0.1, 0.15) is 34.9 Å². The number of H-pyrrole nitrogens is 1. The van der Waals surface area contributed by atoms with Gasteiger partial charge in [0.15, 0.2) is 5.69 Å². The molecule has 18 heavy (non-hydrogen) atoms. The largest absolute Gasteiger partial charge is 0.476 e. The molecule has 0 spiro atoms. The van der Waals surface area contributed by atoms with Gasteiger partial charge in [0.2, 0.25) is 0 Å². The summed E-state index contributed by atoms with van der Waals surface area (Å²) >= 11 is 0. The van der Waals surface area contributed by atoms with Crippen molar-refractivity contribution >= 4 is 5.97 Å². The first-order valence-corrected chi connectivity index (χ1v) is 6.21. The van der Waals surface area contributed by atoms with E-state index in [2.05, 4.69) is 20.3 Å². The average Bonchev–Trinajstić information content (AvgIpc) is 2.76. The monoisotopic (exact) mass is 252 g/mol. The molecule has 0 bridgehead atoms. The summed E-state index contributed by atoms with van der Waals surface area (Å²) in [6.45, 7) is 3.61. The maximum Gasteiger partial charge on any atom is 0.355 e. The predicted octanol–water partition coefficient (Wildman–Crippen LogP) is 0.0811. The van der Waals surface area contributed by atoms with Crippen LogP contribution >= 0.6 is 0 Å². The van der Waals surface area contributed by atoms with Gasteiger partial charge >= 0.3 is 5.97 Å². The summed E-state index contributed by atoms with van der Waals surface area (Å²) in [6, 6.07) is 0.558. The van der Waals surface area contributed by atoms with E-state index >= 15 is 0 Å². The minimum atomic E-state index is -0.982. The summed E-state index contributed by atoms with van der Waals surface area (Å²) < 4.78 is 5.19. The lowest BCUT2D eigenvalue weighted by molar-refractivity contribution is -0.0713. The molecule has 2 aliphatic rings. The van der Waals surface area contributed by atoms with Crippen LogP contribution in [-0.4, -0.2) is 63.7 Å². The van der Waals surface area contributed by atoms with Crippen LogP contribution < -0.4 is 0 Å². The molecule has 0 radical (unpaired) electrons. The molecule has 0 aliphatic carbocycles. The number of carboxylic acid groups (broad SMARTS) is 1. The summed E-state index contributed by atoms with van der Waals surface area (Å²) in [5, 5.41) is 19.0. The van der Waals surface area contributed by atoms with E-state index in [1.54, 1.807) is 0 Å². The molecule has 2 aliphatic heterocycles. The maximum atomic E-state index is 11.0. The van der Waals surface area contributed by atoms with E-state index in [4.69, 9.17) is 9.84 Å². The minimum absolute atomic E-state index is 0.139. The summed E-state index contributed by atoms with van der Waals surface area (Å²) in [7, 11) is 0. The third-order valence-electron chi connectivity index (χ3n) is 3.84. The smallest absolute Gasteiger partial charge is 0.355 e. The number of hydrogen-bond donors (Lipinski definition) is 2. The molecule has 0 atom stereocenters. The molecule has 2 saturated heterocycles. The number of carboxylic acids is 1. The number of carbonyl (C=O) groups is 1. The molecule has 98 valence electrons. The molecule has 0 unspecified atom stereocenters. The Morgan fingerprint density at radius 3 is 2.67 bits per heavy atom. The zero-order valence-corrected chi connectivity index (χ0v) is 10.0. The Hall–Kier alpha value is -1.47. The number of rotatable bonds is 3. The van der Waals surface area contributed by atoms with Crippen molar-refractivity contribution in [3.05, 3.63) is 11.4 Å². The van der Waals surface area contributed by atoms with Gasteiger partial charge in [0.1, 0.15) is 5.69 Å². The second-order valence-corrected chi connectivity index (χ2v) is 4.88. The van der Waals surface area contributed by atoms with Gasteiger partial charge in [-0.1, -0.05) is 5.21 Å². The molecule has 7 heteroatoms. The van der Waals surface area contributed by atoms with E-state index in [1.165, 1.54) is 0 Å². The van der Waals surface area contributed by atoms with E-state index in [-0.39, 0.29) is 11.6 Å². The quantitative estimate of drug-likeness (QED) is 0.791. The van der Waals surface area contributed by atoms with Crippen molar-refractivity contribution in [2.75, 3.05) is 26.3 Å². The normalized spacial score (nSPS) is 22.9. The van der Waals surface area contributed by atoms with Crippen molar-refractivity contribution in [3.63, 3.8) is 0 Å². The number of aromatic carboxylic acids is 1. The fourth-order valence-corrected chi connectivity index (χ4v) is 2.65. The Morgan fingerprint density at radius 1 is 1.39 bits per heavy atom. The highest BCUT2D eigenvalue weighted by molar-refractivity contribution is 5.86. The Bertz CT molecular complexity index is 435.